The van der Waals surface area contributed by atoms with Crippen LogP contribution in [0, 0.1) is 11.8 Å². The second-order valence-electron chi connectivity index (χ2n) is 5.47. The van der Waals surface area contributed by atoms with Crippen LogP contribution in [0.4, 0.5) is 0 Å². The van der Waals surface area contributed by atoms with Gasteiger partial charge in [-0.25, -0.2) is 0 Å². The summed E-state index contributed by atoms with van der Waals surface area (Å²) in [4.78, 5) is 22.9. The van der Waals surface area contributed by atoms with E-state index in [9.17, 15) is 9.59 Å². The van der Waals surface area contributed by atoms with Crippen molar-refractivity contribution >= 4 is 11.9 Å². The van der Waals surface area contributed by atoms with Crippen molar-refractivity contribution in [2.24, 2.45) is 11.8 Å². The number of carboxylic acids is 1. The van der Waals surface area contributed by atoms with Crippen LogP contribution in [0.5, 0.6) is 0 Å². The molecule has 4 heteroatoms. The van der Waals surface area contributed by atoms with Gasteiger partial charge < -0.3 is 10.4 Å². The summed E-state index contributed by atoms with van der Waals surface area (Å²) in [5, 5.41) is 11.8. The number of aliphatic carboxylic acids is 1. The number of carbonyl (C=O) groups excluding carboxylic acids is 1. The number of nitrogens with one attached hydrogen (secondary N) is 1. The van der Waals surface area contributed by atoms with Gasteiger partial charge in [0.1, 0.15) is 0 Å². The quantitative estimate of drug-likeness (QED) is 0.811. The molecule has 0 aliphatic heterocycles. The summed E-state index contributed by atoms with van der Waals surface area (Å²) in [7, 11) is 0. The minimum absolute atomic E-state index is 0.0394. The van der Waals surface area contributed by atoms with E-state index in [1.54, 1.807) is 13.8 Å². The summed E-state index contributed by atoms with van der Waals surface area (Å²) in [6.07, 6.45) is 7.82. The second kappa shape index (κ2) is 7.39. The molecule has 0 spiro atoms. The maximum Gasteiger partial charge on any atom is 0.308 e. The van der Waals surface area contributed by atoms with Crippen LogP contribution >= 0.6 is 0 Å². The van der Waals surface area contributed by atoms with E-state index in [0.29, 0.717) is 0 Å². The Morgan fingerprint density at radius 3 is 2.06 bits per heavy atom. The molecule has 2 N–H and O–H groups in total. The fourth-order valence-electron chi connectivity index (χ4n) is 2.40. The van der Waals surface area contributed by atoms with Crippen LogP contribution in [0.3, 0.4) is 0 Å². The average Bonchev–Trinajstić information content (AvgIpc) is 2.26. The van der Waals surface area contributed by atoms with Crippen molar-refractivity contribution in [3.63, 3.8) is 0 Å². The Hall–Kier alpha value is -1.06. The first kappa shape index (κ1) is 15.0. The first-order valence-electron chi connectivity index (χ1n) is 7.05. The predicted octanol–water partition coefficient (Wildman–Crippen LogP) is 2.57. The molecule has 0 saturated heterocycles. The second-order valence-corrected chi connectivity index (χ2v) is 5.47. The van der Waals surface area contributed by atoms with Crippen molar-refractivity contribution in [3.05, 3.63) is 0 Å². The highest BCUT2D eigenvalue weighted by Gasteiger charge is 2.25. The Morgan fingerprint density at radius 1 is 1.06 bits per heavy atom. The van der Waals surface area contributed by atoms with Crippen LogP contribution in [-0.2, 0) is 9.59 Å². The Bertz CT molecular complexity index is 283. The summed E-state index contributed by atoms with van der Waals surface area (Å²) >= 11 is 0. The molecule has 18 heavy (non-hydrogen) atoms. The van der Waals surface area contributed by atoms with E-state index in [-0.39, 0.29) is 17.9 Å². The van der Waals surface area contributed by atoms with Gasteiger partial charge in [-0.05, 0) is 26.7 Å². The van der Waals surface area contributed by atoms with Crippen molar-refractivity contribution in [2.45, 2.75) is 64.8 Å². The lowest BCUT2D eigenvalue weighted by atomic mass is 9.90. The monoisotopic (exact) mass is 255 g/mol. The molecule has 2 unspecified atom stereocenters. The molecule has 1 saturated carbocycles. The van der Waals surface area contributed by atoms with Gasteiger partial charge in [0.05, 0.1) is 5.92 Å². The van der Waals surface area contributed by atoms with Gasteiger partial charge in [0.15, 0.2) is 0 Å². The molecule has 104 valence electrons. The van der Waals surface area contributed by atoms with Crippen molar-refractivity contribution < 1.29 is 14.7 Å². The van der Waals surface area contributed by atoms with Crippen LogP contribution in [0.2, 0.25) is 0 Å². The summed E-state index contributed by atoms with van der Waals surface area (Å²) in [5.41, 5.74) is 0. The highest BCUT2D eigenvalue weighted by atomic mass is 16.4. The van der Waals surface area contributed by atoms with Crippen LogP contribution in [0.1, 0.15) is 58.8 Å². The summed E-state index contributed by atoms with van der Waals surface area (Å²) in [6.45, 7) is 3.39. The van der Waals surface area contributed by atoms with Gasteiger partial charge in [0, 0.05) is 12.0 Å². The molecular formula is C14H25NO3. The molecule has 0 bridgehead atoms. The molecule has 0 radical (unpaired) electrons. The topological polar surface area (TPSA) is 66.4 Å². The number of rotatable bonds is 4. The van der Waals surface area contributed by atoms with Gasteiger partial charge in [-0.3, -0.25) is 9.59 Å². The van der Waals surface area contributed by atoms with Crippen molar-refractivity contribution in [2.75, 3.05) is 0 Å². The summed E-state index contributed by atoms with van der Waals surface area (Å²) < 4.78 is 0. The lowest BCUT2D eigenvalue weighted by Gasteiger charge is -2.23. The maximum absolute atomic E-state index is 12.1. The zero-order chi connectivity index (χ0) is 13.5. The first-order valence-corrected chi connectivity index (χ1v) is 7.05. The largest absolute Gasteiger partial charge is 0.481 e. The van der Waals surface area contributed by atoms with Gasteiger partial charge in [-0.2, -0.15) is 0 Å². The third-order valence-electron chi connectivity index (χ3n) is 3.99. The van der Waals surface area contributed by atoms with Gasteiger partial charge in [0.2, 0.25) is 5.91 Å². The maximum atomic E-state index is 12.1. The number of hydrogen-bond donors (Lipinski definition) is 2. The summed E-state index contributed by atoms with van der Waals surface area (Å²) in [5.74, 6) is -1.28. The summed E-state index contributed by atoms with van der Waals surface area (Å²) in [6, 6.07) is -0.305. The normalized spacial score (nSPS) is 21.4. The van der Waals surface area contributed by atoms with Gasteiger partial charge >= 0.3 is 5.97 Å². The number of hydrogen-bond acceptors (Lipinski definition) is 2. The van der Waals surface area contributed by atoms with E-state index in [1.165, 1.54) is 19.3 Å². The molecule has 1 aliphatic rings. The molecule has 2 atom stereocenters. The molecule has 0 aromatic rings. The number of carboxylic acid groups (broad SMARTS) is 1. The smallest absolute Gasteiger partial charge is 0.308 e. The SMILES string of the molecule is CC(NC(=O)C1CCCCCCC1)C(C)C(=O)O. The van der Waals surface area contributed by atoms with Gasteiger partial charge in [0.25, 0.3) is 0 Å². The third kappa shape index (κ3) is 4.67. The van der Waals surface area contributed by atoms with Crippen LogP contribution in [0.25, 0.3) is 0 Å². The average molecular weight is 255 g/mol. The first-order chi connectivity index (χ1) is 8.52. The highest BCUT2D eigenvalue weighted by molar-refractivity contribution is 5.80. The molecule has 1 rings (SSSR count). The molecule has 0 aromatic carbocycles. The van der Waals surface area contributed by atoms with E-state index in [4.69, 9.17) is 5.11 Å². The van der Waals surface area contributed by atoms with Crippen molar-refractivity contribution in [1.29, 1.82) is 0 Å². The van der Waals surface area contributed by atoms with Crippen molar-refractivity contribution in [3.8, 4) is 0 Å². The van der Waals surface area contributed by atoms with Gasteiger partial charge in [-0.15, -0.1) is 0 Å². The van der Waals surface area contributed by atoms with E-state index in [0.717, 1.165) is 25.7 Å². The Labute approximate surface area is 109 Å². The minimum Gasteiger partial charge on any atom is -0.481 e. The highest BCUT2D eigenvalue weighted by Crippen LogP contribution is 2.22. The molecule has 4 nitrogen and oxygen atoms in total. The van der Waals surface area contributed by atoms with Crippen LogP contribution in [-0.4, -0.2) is 23.0 Å². The molecule has 1 amide bonds. The van der Waals surface area contributed by atoms with E-state index in [2.05, 4.69) is 5.32 Å². The zero-order valence-corrected chi connectivity index (χ0v) is 11.4. The Morgan fingerprint density at radius 2 is 1.56 bits per heavy atom. The Balaban J connectivity index is 2.44. The fourth-order valence-corrected chi connectivity index (χ4v) is 2.40. The van der Waals surface area contributed by atoms with Crippen LogP contribution in [0.15, 0.2) is 0 Å². The number of carbonyl (C=O) groups is 2. The zero-order valence-electron chi connectivity index (χ0n) is 11.4. The van der Waals surface area contributed by atoms with E-state index < -0.39 is 11.9 Å². The lowest BCUT2D eigenvalue weighted by Crippen LogP contribution is -2.43. The Kier molecular flexibility index (Phi) is 6.16. The molecule has 1 aliphatic carbocycles. The predicted molar refractivity (Wildman–Crippen MR) is 70.2 cm³/mol. The molecule has 0 heterocycles. The lowest BCUT2D eigenvalue weighted by molar-refractivity contribution is -0.142. The van der Waals surface area contributed by atoms with Gasteiger partial charge in [-0.1, -0.05) is 32.1 Å². The standard InChI is InChI=1S/C14H25NO3/c1-10(14(17)18)11(2)15-13(16)12-8-6-4-3-5-7-9-12/h10-12H,3-9H2,1-2H3,(H,15,16)(H,17,18). The third-order valence-corrected chi connectivity index (χ3v) is 3.99. The minimum atomic E-state index is -0.861. The van der Waals surface area contributed by atoms with E-state index in [1.807, 2.05) is 0 Å². The molecule has 1 fully saturated rings. The number of amides is 1. The van der Waals surface area contributed by atoms with Crippen molar-refractivity contribution in [1.82, 2.24) is 5.32 Å². The molecular weight excluding hydrogens is 230 g/mol. The van der Waals surface area contributed by atoms with E-state index >= 15 is 0 Å². The molecule has 0 aromatic heterocycles. The van der Waals surface area contributed by atoms with Crippen LogP contribution < -0.4 is 5.32 Å². The fraction of sp³-hybridized carbons (Fsp3) is 0.857.